The molecular weight excluding hydrogens is 284 g/mol. The highest BCUT2D eigenvalue weighted by atomic mass is 19.2. The van der Waals surface area contributed by atoms with Crippen LogP contribution < -0.4 is 10.1 Å². The molecule has 0 aliphatic heterocycles. The Bertz CT molecular complexity index is 541. The molecule has 1 amide bonds. The lowest BCUT2D eigenvalue weighted by molar-refractivity contribution is -0.109. The van der Waals surface area contributed by atoms with Crippen LogP contribution in [0.4, 0.5) is 13.6 Å². The van der Waals surface area contributed by atoms with Crippen molar-refractivity contribution in [1.82, 2.24) is 5.32 Å². The Hall–Kier alpha value is -2.18. The maximum Gasteiger partial charge on any atom is 0.408 e. The van der Waals surface area contributed by atoms with E-state index >= 15 is 0 Å². The van der Waals surface area contributed by atoms with Crippen molar-refractivity contribution >= 4 is 12.4 Å². The number of hydrogen-bond acceptors (Lipinski definition) is 4. The number of alkyl carbamates (subject to hydrolysis) is 1. The second kappa shape index (κ2) is 6.51. The minimum Gasteiger partial charge on any atom is -0.493 e. The molecule has 0 saturated heterocycles. The van der Waals surface area contributed by atoms with Gasteiger partial charge in [0, 0.05) is 5.56 Å². The molecule has 21 heavy (non-hydrogen) atoms. The van der Waals surface area contributed by atoms with Crippen molar-refractivity contribution in [2.75, 3.05) is 7.11 Å². The molecule has 116 valence electrons. The largest absolute Gasteiger partial charge is 0.493 e. The molecule has 1 unspecified atom stereocenters. The zero-order chi connectivity index (χ0) is 16.2. The fraction of sp³-hybridized carbons (Fsp3) is 0.429. The van der Waals surface area contributed by atoms with E-state index < -0.39 is 35.1 Å². The standard InChI is InChI=1S/C14H17F2NO4/c1-14(2,3)21-13(19)17-10(7-18)8-5-6-9(15)11(16)12(8)20-4/h5-7,10H,1-4H3,(H,17,19). The third-order valence-electron chi connectivity index (χ3n) is 2.43. The van der Waals surface area contributed by atoms with Crippen molar-refractivity contribution in [2.24, 2.45) is 0 Å². The van der Waals surface area contributed by atoms with E-state index in [0.717, 1.165) is 19.2 Å². The molecule has 1 rings (SSSR count). The maximum absolute atomic E-state index is 13.6. The minimum atomic E-state index is -1.23. The zero-order valence-corrected chi connectivity index (χ0v) is 12.2. The Morgan fingerprint density at radius 1 is 1.33 bits per heavy atom. The number of rotatable bonds is 4. The number of nitrogens with one attached hydrogen (secondary N) is 1. The van der Waals surface area contributed by atoms with E-state index in [2.05, 4.69) is 5.32 Å². The molecular formula is C14H17F2NO4. The van der Waals surface area contributed by atoms with Crippen molar-refractivity contribution in [3.63, 3.8) is 0 Å². The maximum atomic E-state index is 13.6. The first-order valence-corrected chi connectivity index (χ1v) is 6.16. The predicted octanol–water partition coefficient (Wildman–Crippen LogP) is 2.74. The molecule has 0 aliphatic rings. The summed E-state index contributed by atoms with van der Waals surface area (Å²) < 4.78 is 36.5. The molecule has 0 saturated carbocycles. The summed E-state index contributed by atoms with van der Waals surface area (Å²) in [6.45, 7) is 4.96. The SMILES string of the molecule is COc1c(C(C=O)NC(=O)OC(C)(C)C)ccc(F)c1F. The van der Waals surface area contributed by atoms with Crippen molar-refractivity contribution in [3.8, 4) is 5.75 Å². The third kappa shape index (κ3) is 4.40. The lowest BCUT2D eigenvalue weighted by Gasteiger charge is -2.22. The van der Waals surface area contributed by atoms with Gasteiger partial charge < -0.3 is 19.6 Å². The molecule has 0 fully saturated rings. The number of carbonyl (C=O) groups excluding carboxylic acids is 2. The third-order valence-corrected chi connectivity index (χ3v) is 2.43. The van der Waals surface area contributed by atoms with Gasteiger partial charge in [-0.2, -0.15) is 4.39 Å². The monoisotopic (exact) mass is 301 g/mol. The van der Waals surface area contributed by atoms with E-state index in [1.165, 1.54) is 0 Å². The Balaban J connectivity index is 3.04. The minimum absolute atomic E-state index is 0.00254. The second-order valence-corrected chi connectivity index (χ2v) is 5.24. The molecule has 0 bridgehead atoms. The van der Waals surface area contributed by atoms with Crippen LogP contribution in [0.2, 0.25) is 0 Å². The van der Waals surface area contributed by atoms with E-state index in [-0.39, 0.29) is 5.56 Å². The highest BCUT2D eigenvalue weighted by Crippen LogP contribution is 2.29. The number of carbonyl (C=O) groups is 2. The molecule has 1 N–H and O–H groups in total. The fourth-order valence-electron chi connectivity index (χ4n) is 1.62. The van der Waals surface area contributed by atoms with Gasteiger partial charge in [-0.3, -0.25) is 0 Å². The van der Waals surface area contributed by atoms with Gasteiger partial charge in [-0.25, -0.2) is 9.18 Å². The molecule has 5 nitrogen and oxygen atoms in total. The zero-order valence-electron chi connectivity index (χ0n) is 12.2. The topological polar surface area (TPSA) is 64.6 Å². The summed E-state index contributed by atoms with van der Waals surface area (Å²) in [4.78, 5) is 22.8. The average Bonchev–Trinajstić information content (AvgIpc) is 2.37. The summed E-state index contributed by atoms with van der Waals surface area (Å²) in [6.07, 6.45) is -0.481. The Morgan fingerprint density at radius 3 is 2.43 bits per heavy atom. The number of methoxy groups -OCH3 is 1. The van der Waals surface area contributed by atoms with Crippen molar-refractivity contribution in [2.45, 2.75) is 32.4 Å². The van der Waals surface area contributed by atoms with E-state index in [1.54, 1.807) is 20.8 Å². The molecule has 0 spiro atoms. The lowest BCUT2D eigenvalue weighted by atomic mass is 10.1. The van der Waals surface area contributed by atoms with Crippen LogP contribution >= 0.6 is 0 Å². The van der Waals surface area contributed by atoms with Crippen LogP contribution in [0.5, 0.6) is 5.75 Å². The number of amides is 1. The molecule has 0 aromatic heterocycles. The van der Waals surface area contributed by atoms with Gasteiger partial charge in [-0.05, 0) is 32.9 Å². The van der Waals surface area contributed by atoms with Crippen LogP contribution in [0, 0.1) is 11.6 Å². The van der Waals surface area contributed by atoms with Gasteiger partial charge in [-0.1, -0.05) is 0 Å². The molecule has 7 heteroatoms. The predicted molar refractivity (Wildman–Crippen MR) is 71.1 cm³/mol. The normalized spacial score (nSPS) is 12.5. The van der Waals surface area contributed by atoms with Crippen LogP contribution in [0.1, 0.15) is 32.4 Å². The molecule has 1 aromatic carbocycles. The number of benzene rings is 1. The van der Waals surface area contributed by atoms with Crippen molar-refractivity contribution in [1.29, 1.82) is 0 Å². The number of ether oxygens (including phenoxy) is 2. The summed E-state index contributed by atoms with van der Waals surface area (Å²) in [5.41, 5.74) is -0.757. The highest BCUT2D eigenvalue weighted by Gasteiger charge is 2.25. The summed E-state index contributed by atoms with van der Waals surface area (Å²) in [7, 11) is 1.14. The molecule has 1 atom stereocenters. The van der Waals surface area contributed by atoms with Crippen LogP contribution in [0.15, 0.2) is 12.1 Å². The first-order chi connectivity index (χ1) is 9.69. The van der Waals surface area contributed by atoms with Crippen LogP contribution in [-0.4, -0.2) is 25.1 Å². The smallest absolute Gasteiger partial charge is 0.408 e. The van der Waals surface area contributed by atoms with E-state index in [1.807, 2.05) is 0 Å². The van der Waals surface area contributed by atoms with E-state index in [0.29, 0.717) is 6.29 Å². The van der Waals surface area contributed by atoms with E-state index in [4.69, 9.17) is 9.47 Å². The van der Waals surface area contributed by atoms with Crippen LogP contribution in [0.25, 0.3) is 0 Å². The summed E-state index contributed by atoms with van der Waals surface area (Å²) in [5.74, 6) is -2.78. The number of aldehydes is 1. The molecule has 0 aliphatic carbocycles. The molecule has 1 aromatic rings. The van der Waals surface area contributed by atoms with Crippen molar-refractivity contribution in [3.05, 3.63) is 29.3 Å². The van der Waals surface area contributed by atoms with Gasteiger partial charge in [0.15, 0.2) is 11.6 Å². The second-order valence-electron chi connectivity index (χ2n) is 5.24. The summed E-state index contributed by atoms with van der Waals surface area (Å²) in [5, 5.41) is 2.26. The van der Waals surface area contributed by atoms with Gasteiger partial charge in [0.05, 0.1) is 7.11 Å². The Labute approximate surface area is 121 Å². The quantitative estimate of drug-likeness (QED) is 0.869. The van der Waals surface area contributed by atoms with Gasteiger partial charge in [0.2, 0.25) is 5.82 Å². The Kier molecular flexibility index (Phi) is 5.23. The van der Waals surface area contributed by atoms with Gasteiger partial charge in [-0.15, -0.1) is 0 Å². The molecule has 0 radical (unpaired) electrons. The van der Waals surface area contributed by atoms with E-state index in [9.17, 15) is 18.4 Å². The number of halogens is 2. The summed E-state index contributed by atoms with van der Waals surface area (Å²) in [6, 6.07) is 0.790. The van der Waals surface area contributed by atoms with Crippen LogP contribution in [0.3, 0.4) is 0 Å². The van der Waals surface area contributed by atoms with Gasteiger partial charge >= 0.3 is 6.09 Å². The van der Waals surface area contributed by atoms with Crippen LogP contribution in [-0.2, 0) is 9.53 Å². The molecule has 0 heterocycles. The van der Waals surface area contributed by atoms with Crippen molar-refractivity contribution < 1.29 is 27.8 Å². The Morgan fingerprint density at radius 2 is 1.95 bits per heavy atom. The van der Waals surface area contributed by atoms with Gasteiger partial charge in [0.1, 0.15) is 17.9 Å². The number of hydrogen-bond donors (Lipinski definition) is 1. The first-order valence-electron chi connectivity index (χ1n) is 6.16. The first kappa shape index (κ1) is 16.9. The van der Waals surface area contributed by atoms with Gasteiger partial charge in [0.25, 0.3) is 0 Å². The average molecular weight is 301 g/mol. The lowest BCUT2D eigenvalue weighted by Crippen LogP contribution is -2.35. The summed E-state index contributed by atoms with van der Waals surface area (Å²) >= 11 is 0. The highest BCUT2D eigenvalue weighted by molar-refractivity contribution is 5.75. The fourth-order valence-corrected chi connectivity index (χ4v) is 1.62.